The number of nitrogens with zero attached hydrogens (tertiary/aromatic N) is 2. The molecule has 2 aromatic heterocycles. The van der Waals surface area contributed by atoms with Crippen LogP contribution in [0.15, 0.2) is 22.8 Å². The van der Waals surface area contributed by atoms with Crippen molar-refractivity contribution in [1.29, 1.82) is 0 Å². The lowest BCUT2D eigenvalue weighted by atomic mass is 10.3. The van der Waals surface area contributed by atoms with Crippen LogP contribution in [0.3, 0.4) is 0 Å². The summed E-state index contributed by atoms with van der Waals surface area (Å²) in [6.45, 7) is 4.98. The first-order valence-electron chi connectivity index (χ1n) is 5.60. The highest BCUT2D eigenvalue weighted by Crippen LogP contribution is 2.24. The van der Waals surface area contributed by atoms with Crippen LogP contribution < -0.4 is 5.32 Å². The second-order valence-electron chi connectivity index (χ2n) is 3.52. The summed E-state index contributed by atoms with van der Waals surface area (Å²) < 4.78 is 6.42. The van der Waals surface area contributed by atoms with Crippen molar-refractivity contribution in [3.8, 4) is 11.6 Å². The van der Waals surface area contributed by atoms with Gasteiger partial charge in [-0.1, -0.05) is 6.92 Å². The summed E-state index contributed by atoms with van der Waals surface area (Å²) in [5.74, 6) is 2.23. The molecule has 0 saturated carbocycles. The summed E-state index contributed by atoms with van der Waals surface area (Å²) in [5, 5.41) is 3.25. The SMILES string of the molecule is CCNc1nc(-c2ccco2)nc(CC)c1I. The predicted octanol–water partition coefficient (Wildman–Crippen LogP) is 3.34. The summed E-state index contributed by atoms with van der Waals surface area (Å²) in [6.07, 6.45) is 2.52. The molecule has 0 aliphatic heterocycles. The van der Waals surface area contributed by atoms with Gasteiger partial charge in [-0.25, -0.2) is 9.97 Å². The lowest BCUT2D eigenvalue weighted by molar-refractivity contribution is 0.576. The average molecular weight is 343 g/mol. The first-order chi connectivity index (χ1) is 8.26. The van der Waals surface area contributed by atoms with Crippen molar-refractivity contribution >= 4 is 28.4 Å². The monoisotopic (exact) mass is 343 g/mol. The van der Waals surface area contributed by atoms with E-state index in [9.17, 15) is 0 Å². The normalized spacial score (nSPS) is 10.5. The molecule has 0 aliphatic carbocycles. The molecule has 1 N–H and O–H groups in total. The Labute approximate surface area is 114 Å². The van der Waals surface area contributed by atoms with Gasteiger partial charge in [0.1, 0.15) is 5.82 Å². The van der Waals surface area contributed by atoms with Gasteiger partial charge in [-0.05, 0) is 48.1 Å². The van der Waals surface area contributed by atoms with E-state index in [4.69, 9.17) is 4.42 Å². The number of hydrogen-bond acceptors (Lipinski definition) is 4. The van der Waals surface area contributed by atoms with E-state index in [0.717, 1.165) is 28.0 Å². The van der Waals surface area contributed by atoms with Crippen molar-refractivity contribution < 1.29 is 4.42 Å². The first kappa shape index (κ1) is 12.3. The molecule has 17 heavy (non-hydrogen) atoms. The molecular weight excluding hydrogens is 329 g/mol. The van der Waals surface area contributed by atoms with Crippen LogP contribution in [0, 0.1) is 3.57 Å². The number of rotatable bonds is 4. The molecule has 0 aromatic carbocycles. The number of aromatic nitrogens is 2. The van der Waals surface area contributed by atoms with Crippen molar-refractivity contribution in [3.63, 3.8) is 0 Å². The highest BCUT2D eigenvalue weighted by Gasteiger charge is 2.13. The van der Waals surface area contributed by atoms with Crippen molar-refractivity contribution in [2.45, 2.75) is 20.3 Å². The number of aryl methyl sites for hydroxylation is 1. The Morgan fingerprint density at radius 3 is 2.76 bits per heavy atom. The smallest absolute Gasteiger partial charge is 0.197 e. The Morgan fingerprint density at radius 1 is 1.35 bits per heavy atom. The fourth-order valence-electron chi connectivity index (χ4n) is 1.53. The van der Waals surface area contributed by atoms with E-state index in [2.05, 4.69) is 51.7 Å². The van der Waals surface area contributed by atoms with Gasteiger partial charge in [0, 0.05) is 6.54 Å². The number of halogens is 1. The summed E-state index contributed by atoms with van der Waals surface area (Å²) in [6, 6.07) is 3.71. The van der Waals surface area contributed by atoms with Gasteiger partial charge in [-0.2, -0.15) is 0 Å². The zero-order valence-corrected chi connectivity index (χ0v) is 12.0. The number of nitrogens with one attached hydrogen (secondary N) is 1. The second-order valence-corrected chi connectivity index (χ2v) is 4.60. The average Bonchev–Trinajstić information content (AvgIpc) is 2.85. The molecule has 4 nitrogen and oxygen atoms in total. The molecular formula is C12H14IN3O. The van der Waals surface area contributed by atoms with Gasteiger partial charge in [0.2, 0.25) is 0 Å². The topological polar surface area (TPSA) is 51.0 Å². The Balaban J connectivity index is 2.50. The molecule has 0 saturated heterocycles. The van der Waals surface area contributed by atoms with Crippen molar-refractivity contribution in [2.75, 3.05) is 11.9 Å². The summed E-state index contributed by atoms with van der Waals surface area (Å²) in [4.78, 5) is 9.01. The van der Waals surface area contributed by atoms with Crippen LogP contribution >= 0.6 is 22.6 Å². The van der Waals surface area contributed by atoms with E-state index in [0.29, 0.717) is 11.6 Å². The zero-order chi connectivity index (χ0) is 12.3. The number of furan rings is 1. The van der Waals surface area contributed by atoms with E-state index in [1.54, 1.807) is 6.26 Å². The summed E-state index contributed by atoms with van der Waals surface area (Å²) in [7, 11) is 0. The standard InChI is InChI=1S/C12H14IN3O/c1-3-8-10(13)12(14-4-2)16-11(15-8)9-6-5-7-17-9/h5-7H,3-4H2,1-2H3,(H,14,15,16). The molecule has 0 fully saturated rings. The van der Waals surface area contributed by atoms with Gasteiger partial charge in [0.25, 0.3) is 0 Å². The lowest BCUT2D eigenvalue weighted by Gasteiger charge is -2.10. The van der Waals surface area contributed by atoms with Gasteiger partial charge in [0.15, 0.2) is 11.6 Å². The molecule has 0 radical (unpaired) electrons. The molecule has 0 spiro atoms. The fourth-order valence-corrected chi connectivity index (χ4v) is 2.34. The van der Waals surface area contributed by atoms with Gasteiger partial charge >= 0.3 is 0 Å². The molecule has 0 amide bonds. The van der Waals surface area contributed by atoms with Crippen LogP contribution in [0.1, 0.15) is 19.5 Å². The highest BCUT2D eigenvalue weighted by molar-refractivity contribution is 14.1. The second kappa shape index (κ2) is 5.48. The Bertz CT molecular complexity index is 497. The summed E-state index contributed by atoms with van der Waals surface area (Å²) >= 11 is 2.28. The third kappa shape index (κ3) is 2.59. The molecule has 5 heteroatoms. The minimum absolute atomic E-state index is 0.642. The minimum Gasteiger partial charge on any atom is -0.461 e. The Hall–Kier alpha value is -1.11. The fraction of sp³-hybridized carbons (Fsp3) is 0.333. The lowest BCUT2D eigenvalue weighted by Crippen LogP contribution is -2.07. The van der Waals surface area contributed by atoms with Crippen molar-refractivity contribution in [1.82, 2.24) is 9.97 Å². The molecule has 2 rings (SSSR count). The van der Waals surface area contributed by atoms with E-state index < -0.39 is 0 Å². The van der Waals surface area contributed by atoms with E-state index >= 15 is 0 Å². The van der Waals surface area contributed by atoms with Crippen LogP contribution in [0.25, 0.3) is 11.6 Å². The molecule has 2 heterocycles. The largest absolute Gasteiger partial charge is 0.461 e. The molecule has 0 aliphatic rings. The summed E-state index contributed by atoms with van der Waals surface area (Å²) in [5.41, 5.74) is 1.04. The third-order valence-corrected chi connectivity index (χ3v) is 3.47. The molecule has 0 unspecified atom stereocenters. The number of anilines is 1. The Kier molecular flexibility index (Phi) is 3.98. The van der Waals surface area contributed by atoms with Gasteiger partial charge < -0.3 is 9.73 Å². The highest BCUT2D eigenvalue weighted by atomic mass is 127. The van der Waals surface area contributed by atoms with Crippen LogP contribution in [0.4, 0.5) is 5.82 Å². The number of hydrogen-bond donors (Lipinski definition) is 1. The van der Waals surface area contributed by atoms with E-state index in [1.807, 2.05) is 12.1 Å². The first-order valence-corrected chi connectivity index (χ1v) is 6.68. The third-order valence-electron chi connectivity index (χ3n) is 2.34. The predicted molar refractivity (Wildman–Crippen MR) is 76.0 cm³/mol. The van der Waals surface area contributed by atoms with Crippen LogP contribution in [0.2, 0.25) is 0 Å². The van der Waals surface area contributed by atoms with Crippen molar-refractivity contribution in [3.05, 3.63) is 27.7 Å². The van der Waals surface area contributed by atoms with Crippen molar-refractivity contribution in [2.24, 2.45) is 0 Å². The molecule has 90 valence electrons. The quantitative estimate of drug-likeness (QED) is 0.866. The molecule has 2 aromatic rings. The van der Waals surface area contributed by atoms with Gasteiger partial charge in [-0.3, -0.25) is 0 Å². The maximum Gasteiger partial charge on any atom is 0.197 e. The van der Waals surface area contributed by atoms with E-state index in [-0.39, 0.29) is 0 Å². The van der Waals surface area contributed by atoms with Crippen LogP contribution in [-0.4, -0.2) is 16.5 Å². The minimum atomic E-state index is 0.642. The van der Waals surface area contributed by atoms with Crippen LogP contribution in [0.5, 0.6) is 0 Å². The van der Waals surface area contributed by atoms with Gasteiger partial charge in [0.05, 0.1) is 15.5 Å². The maximum absolute atomic E-state index is 5.34. The van der Waals surface area contributed by atoms with Gasteiger partial charge in [-0.15, -0.1) is 0 Å². The van der Waals surface area contributed by atoms with Crippen LogP contribution in [-0.2, 0) is 6.42 Å². The maximum atomic E-state index is 5.34. The zero-order valence-electron chi connectivity index (χ0n) is 9.83. The molecule has 0 bridgehead atoms. The molecule has 0 atom stereocenters. The van der Waals surface area contributed by atoms with E-state index in [1.165, 1.54) is 0 Å². The Morgan fingerprint density at radius 2 is 2.18 bits per heavy atom.